The van der Waals surface area contributed by atoms with E-state index >= 15 is 8.78 Å². The Morgan fingerprint density at radius 3 is 0.878 bits per heavy atom. The molecule has 0 atom stereocenters. The fourth-order valence-corrected chi connectivity index (χ4v) is 12.7. The lowest BCUT2D eigenvalue weighted by molar-refractivity contribution is 0.589. The molecule has 0 amide bonds. The minimum atomic E-state index is -0.758. The maximum atomic E-state index is 16.8. The summed E-state index contributed by atoms with van der Waals surface area (Å²) in [6, 6.07) is 97.2. The molecule has 0 saturated heterocycles. The normalized spacial score (nSPS) is 11.4. The van der Waals surface area contributed by atoms with Crippen LogP contribution in [0.2, 0.25) is 0 Å². The Balaban J connectivity index is 0.957. The van der Waals surface area contributed by atoms with Gasteiger partial charge in [-0.05, 0) is 115 Å². The number of nitrogens with zero attached hydrogens (tertiary/aromatic N) is 7. The third-order valence-electron chi connectivity index (χ3n) is 16.9. The molecule has 422 valence electrons. The lowest BCUT2D eigenvalue weighted by Gasteiger charge is -2.21. The van der Waals surface area contributed by atoms with Gasteiger partial charge in [0.05, 0.1) is 91.1 Å². The molecule has 10 aromatic carbocycles. The highest BCUT2D eigenvalue weighted by Crippen LogP contribution is 2.48. The first-order valence-corrected chi connectivity index (χ1v) is 29.7. The molecule has 0 aliphatic rings. The Morgan fingerprint density at radius 1 is 0.278 bits per heavy atom. The molecule has 0 aliphatic heterocycles. The predicted octanol–water partition coefficient (Wildman–Crippen LogP) is 21.3. The van der Waals surface area contributed by atoms with Crippen LogP contribution in [-0.4, -0.2) is 29.1 Å². The van der Waals surface area contributed by atoms with Gasteiger partial charge in [-0.1, -0.05) is 182 Å². The van der Waals surface area contributed by atoms with E-state index in [0.29, 0.717) is 22.4 Å². The molecular formula is C81H49F2N7. The van der Waals surface area contributed by atoms with E-state index in [9.17, 15) is 6.57 Å². The summed E-state index contributed by atoms with van der Waals surface area (Å²) < 4.78 is 37.8. The second-order valence-electron chi connectivity index (χ2n) is 22.2. The molecule has 0 spiro atoms. The molecule has 0 fully saturated rings. The van der Waals surface area contributed by atoms with Gasteiger partial charge in [-0.2, -0.15) is 0 Å². The Bertz CT molecular complexity index is 5220. The van der Waals surface area contributed by atoms with Gasteiger partial charge in [-0.25, -0.2) is 33.6 Å². The van der Waals surface area contributed by atoms with Crippen molar-refractivity contribution in [1.29, 1.82) is 0 Å². The van der Waals surface area contributed by atoms with E-state index in [-0.39, 0.29) is 16.8 Å². The highest BCUT2D eigenvalue weighted by Gasteiger charge is 2.28. The van der Waals surface area contributed by atoms with Gasteiger partial charge in [-0.15, -0.1) is 0 Å². The summed E-state index contributed by atoms with van der Waals surface area (Å²) in [5.74, 6) is -1.52. The van der Waals surface area contributed by atoms with Crippen molar-refractivity contribution < 1.29 is 8.78 Å². The van der Waals surface area contributed by atoms with Crippen molar-refractivity contribution in [3.05, 3.63) is 320 Å². The van der Waals surface area contributed by atoms with E-state index in [1.165, 1.54) is 18.2 Å². The molecule has 0 radical (unpaired) electrons. The van der Waals surface area contributed by atoms with Crippen LogP contribution in [0.3, 0.4) is 0 Å². The van der Waals surface area contributed by atoms with Crippen LogP contribution in [0.5, 0.6) is 0 Å². The summed E-state index contributed by atoms with van der Waals surface area (Å²) in [6.07, 6.45) is 0. The van der Waals surface area contributed by atoms with Crippen LogP contribution >= 0.6 is 0 Å². The predicted molar refractivity (Wildman–Crippen MR) is 361 cm³/mol. The lowest BCUT2D eigenvalue weighted by Crippen LogP contribution is -2.04. The Hall–Kier alpha value is -12.3. The number of hydrogen-bond acceptors (Lipinski definition) is 4. The maximum absolute atomic E-state index is 16.8. The van der Waals surface area contributed by atoms with Gasteiger partial charge >= 0.3 is 0 Å². The standard InChI is InChI=1S/C81H49F2N7/c1-84-80-78(89-74-42-37-55(70-33-15-29-66(85-70)51-19-6-2-7-20-51)47-60(74)61-48-56(38-43-75(61)89)71-34-16-30-67(86-71)52-21-8-3-9-22-52)46-41-59(79-64(82)27-14-28-65(79)83)81(80)90-76-44-39-57(72-35-17-31-68(87-72)53-23-10-4-11-24-53)49-62(76)63-50-58(40-45-77(63)90)73-36-18-32-69(88-73)54-25-12-5-13-26-54/h2-50H. The molecule has 7 nitrogen and oxygen atoms in total. The Labute approximate surface area is 517 Å². The maximum Gasteiger partial charge on any atom is 0.234 e. The summed E-state index contributed by atoms with van der Waals surface area (Å²) in [4.78, 5) is 25.2. The van der Waals surface area contributed by atoms with Crippen molar-refractivity contribution in [2.75, 3.05) is 0 Å². The van der Waals surface area contributed by atoms with E-state index in [4.69, 9.17) is 19.9 Å². The van der Waals surface area contributed by atoms with Crippen LogP contribution in [0, 0.1) is 18.2 Å². The fourth-order valence-electron chi connectivity index (χ4n) is 12.7. The van der Waals surface area contributed by atoms with Crippen molar-refractivity contribution in [1.82, 2.24) is 29.1 Å². The quantitative estimate of drug-likeness (QED) is 0.121. The zero-order chi connectivity index (χ0) is 60.2. The summed E-state index contributed by atoms with van der Waals surface area (Å²) in [5.41, 5.74) is 18.0. The first kappa shape index (κ1) is 53.2. The second-order valence-corrected chi connectivity index (χ2v) is 22.2. The van der Waals surface area contributed by atoms with Gasteiger partial charge in [0, 0.05) is 71.6 Å². The molecule has 0 aliphatic carbocycles. The van der Waals surface area contributed by atoms with Gasteiger partial charge in [-0.3, -0.25) is 0 Å². The van der Waals surface area contributed by atoms with Crippen LogP contribution in [0.15, 0.2) is 297 Å². The van der Waals surface area contributed by atoms with Crippen molar-refractivity contribution in [2.45, 2.75) is 0 Å². The zero-order valence-corrected chi connectivity index (χ0v) is 48.2. The second kappa shape index (κ2) is 22.2. The molecule has 9 heteroatoms. The molecule has 6 aromatic heterocycles. The van der Waals surface area contributed by atoms with Crippen molar-refractivity contribution in [3.63, 3.8) is 0 Å². The number of benzene rings is 10. The average molecular weight is 1160 g/mol. The van der Waals surface area contributed by atoms with E-state index in [2.05, 4.69) is 82.2 Å². The molecule has 0 N–H and O–H groups in total. The van der Waals surface area contributed by atoms with E-state index in [1.54, 1.807) is 6.07 Å². The third-order valence-corrected chi connectivity index (χ3v) is 16.9. The molecule has 90 heavy (non-hydrogen) atoms. The molecule has 16 aromatic rings. The molecule has 6 heterocycles. The van der Waals surface area contributed by atoms with Crippen LogP contribution in [0.4, 0.5) is 14.5 Å². The number of aromatic nitrogens is 6. The smallest absolute Gasteiger partial charge is 0.234 e. The summed E-state index contributed by atoms with van der Waals surface area (Å²) in [6.45, 7) is 9.46. The first-order chi connectivity index (χ1) is 44.4. The minimum Gasteiger partial charge on any atom is -0.319 e. The lowest BCUT2D eigenvalue weighted by atomic mass is 9.99. The topological polar surface area (TPSA) is 65.8 Å². The van der Waals surface area contributed by atoms with E-state index in [0.717, 1.165) is 123 Å². The van der Waals surface area contributed by atoms with E-state index in [1.807, 2.05) is 205 Å². The van der Waals surface area contributed by atoms with Gasteiger partial charge in [0.1, 0.15) is 11.6 Å². The largest absolute Gasteiger partial charge is 0.319 e. The fraction of sp³-hybridized carbons (Fsp3) is 0. The van der Waals surface area contributed by atoms with Crippen molar-refractivity contribution in [2.24, 2.45) is 0 Å². The number of rotatable bonds is 11. The highest BCUT2D eigenvalue weighted by molar-refractivity contribution is 6.15. The Morgan fingerprint density at radius 2 is 0.567 bits per heavy atom. The molecule has 16 rings (SSSR count). The number of hydrogen-bond donors (Lipinski definition) is 0. The average Bonchev–Trinajstić information content (AvgIpc) is 1.55. The monoisotopic (exact) mass is 1160 g/mol. The number of fused-ring (bicyclic) bond motifs is 6. The van der Waals surface area contributed by atoms with Gasteiger partial charge in [0.2, 0.25) is 5.69 Å². The summed E-state index contributed by atoms with van der Waals surface area (Å²) in [7, 11) is 0. The third kappa shape index (κ3) is 9.35. The van der Waals surface area contributed by atoms with E-state index < -0.39 is 11.6 Å². The van der Waals surface area contributed by atoms with Gasteiger partial charge in [0.25, 0.3) is 0 Å². The summed E-state index contributed by atoms with van der Waals surface area (Å²) in [5, 5.41) is 3.49. The van der Waals surface area contributed by atoms with Crippen LogP contribution in [0.25, 0.3) is 161 Å². The molecular weight excluding hydrogens is 1110 g/mol. The van der Waals surface area contributed by atoms with Gasteiger partial charge in [0.15, 0.2) is 0 Å². The molecule has 0 saturated carbocycles. The van der Waals surface area contributed by atoms with Gasteiger partial charge < -0.3 is 9.13 Å². The number of halogens is 2. The molecule has 0 unspecified atom stereocenters. The molecule has 0 bridgehead atoms. The zero-order valence-electron chi connectivity index (χ0n) is 48.2. The highest BCUT2D eigenvalue weighted by atomic mass is 19.1. The summed E-state index contributed by atoms with van der Waals surface area (Å²) >= 11 is 0. The van der Waals surface area contributed by atoms with Crippen molar-refractivity contribution >= 4 is 49.3 Å². The Kier molecular flexibility index (Phi) is 13.2. The first-order valence-electron chi connectivity index (χ1n) is 29.7. The van der Waals surface area contributed by atoms with Crippen LogP contribution in [-0.2, 0) is 0 Å². The van der Waals surface area contributed by atoms with Crippen LogP contribution < -0.4 is 0 Å². The minimum absolute atomic E-state index is 0.179. The number of pyridine rings is 4. The van der Waals surface area contributed by atoms with Crippen LogP contribution in [0.1, 0.15) is 0 Å². The van der Waals surface area contributed by atoms with Crippen molar-refractivity contribution in [3.8, 4) is 113 Å². The SMILES string of the molecule is [C-]#[N+]c1c(-n2c3ccc(-c4cccc(-c5ccccc5)n4)cc3c3cc(-c4cccc(-c5ccccc5)n4)ccc32)ccc(-c2c(F)cccc2F)c1-n1c2ccc(-c3cccc(-c4ccccc4)n3)cc2c2cc(-c3cccc(-c4ccccc4)n3)ccc21.